The smallest absolute Gasteiger partial charge is 0.243 e. The molecule has 0 saturated heterocycles. The molecular formula is C9H11IN4O. The van der Waals surface area contributed by atoms with Gasteiger partial charge < -0.3 is 4.42 Å². The van der Waals surface area contributed by atoms with E-state index in [0.29, 0.717) is 11.8 Å². The molecule has 0 saturated carbocycles. The number of aryl methyl sites for hydroxylation is 1. The summed E-state index contributed by atoms with van der Waals surface area (Å²) in [6.45, 7) is 5.76. The van der Waals surface area contributed by atoms with Crippen molar-refractivity contribution in [2.45, 2.75) is 26.3 Å². The van der Waals surface area contributed by atoms with Gasteiger partial charge in [-0.3, -0.25) is 4.68 Å². The minimum Gasteiger partial charge on any atom is -0.423 e. The average molecular weight is 318 g/mol. The van der Waals surface area contributed by atoms with Crippen molar-refractivity contribution < 1.29 is 4.42 Å². The SMILES string of the molecule is Cc1nnc(C(C)(C)n2cc(I)cn2)o1. The largest absolute Gasteiger partial charge is 0.423 e. The molecule has 2 heterocycles. The molecule has 0 aliphatic carbocycles. The molecule has 0 unspecified atom stereocenters. The summed E-state index contributed by atoms with van der Waals surface area (Å²) in [5.74, 6) is 1.14. The van der Waals surface area contributed by atoms with Crippen LogP contribution < -0.4 is 0 Å². The highest BCUT2D eigenvalue weighted by atomic mass is 127. The van der Waals surface area contributed by atoms with Crippen LogP contribution in [0.5, 0.6) is 0 Å². The van der Waals surface area contributed by atoms with Crippen LogP contribution in [0.1, 0.15) is 25.6 Å². The number of nitrogens with zero attached hydrogens (tertiary/aromatic N) is 4. The molecule has 2 aromatic heterocycles. The molecule has 0 radical (unpaired) electrons. The Balaban J connectivity index is 2.42. The Kier molecular flexibility index (Phi) is 2.53. The van der Waals surface area contributed by atoms with Gasteiger partial charge in [0.05, 0.1) is 9.77 Å². The molecule has 0 atom stereocenters. The van der Waals surface area contributed by atoms with E-state index in [0.717, 1.165) is 3.57 Å². The van der Waals surface area contributed by atoms with E-state index in [2.05, 4.69) is 37.9 Å². The summed E-state index contributed by atoms with van der Waals surface area (Å²) < 4.78 is 8.33. The minimum atomic E-state index is -0.412. The van der Waals surface area contributed by atoms with E-state index >= 15 is 0 Å². The maximum Gasteiger partial charge on any atom is 0.243 e. The van der Waals surface area contributed by atoms with Gasteiger partial charge in [0.1, 0.15) is 5.54 Å². The van der Waals surface area contributed by atoms with E-state index in [1.165, 1.54) is 0 Å². The van der Waals surface area contributed by atoms with Crippen LogP contribution in [0, 0.1) is 10.5 Å². The van der Waals surface area contributed by atoms with Crippen molar-refractivity contribution in [2.75, 3.05) is 0 Å². The molecule has 0 aromatic carbocycles. The minimum absolute atomic E-state index is 0.412. The Bertz CT molecular complexity index is 432. The quantitative estimate of drug-likeness (QED) is 0.795. The molecule has 80 valence electrons. The fourth-order valence-electron chi connectivity index (χ4n) is 1.25. The first-order valence-corrected chi connectivity index (χ1v) is 5.59. The van der Waals surface area contributed by atoms with Gasteiger partial charge in [-0.05, 0) is 36.4 Å². The summed E-state index contributed by atoms with van der Waals surface area (Å²) in [4.78, 5) is 0. The first-order valence-electron chi connectivity index (χ1n) is 4.51. The second kappa shape index (κ2) is 3.58. The van der Waals surface area contributed by atoms with Crippen molar-refractivity contribution in [2.24, 2.45) is 0 Å². The summed E-state index contributed by atoms with van der Waals surface area (Å²) in [5.41, 5.74) is -0.412. The summed E-state index contributed by atoms with van der Waals surface area (Å²) in [6.07, 6.45) is 3.74. The Morgan fingerprint density at radius 1 is 1.40 bits per heavy atom. The number of aromatic nitrogens is 4. The van der Waals surface area contributed by atoms with E-state index in [1.54, 1.807) is 13.1 Å². The van der Waals surface area contributed by atoms with Crippen molar-refractivity contribution >= 4 is 22.6 Å². The van der Waals surface area contributed by atoms with E-state index in [1.807, 2.05) is 24.7 Å². The molecule has 0 spiro atoms. The molecular weight excluding hydrogens is 307 g/mol. The van der Waals surface area contributed by atoms with Crippen molar-refractivity contribution in [1.82, 2.24) is 20.0 Å². The Hall–Kier alpha value is -0.920. The number of halogens is 1. The third-order valence-corrected chi connectivity index (χ3v) is 2.73. The molecule has 6 heteroatoms. The van der Waals surface area contributed by atoms with Crippen LogP contribution in [0.4, 0.5) is 0 Å². The van der Waals surface area contributed by atoms with E-state index in [4.69, 9.17) is 4.42 Å². The Labute approximate surface area is 101 Å². The van der Waals surface area contributed by atoms with Crippen LogP contribution in [-0.2, 0) is 5.54 Å². The zero-order valence-electron chi connectivity index (χ0n) is 8.73. The second-order valence-corrected chi connectivity index (χ2v) is 5.03. The molecule has 0 amide bonds. The van der Waals surface area contributed by atoms with Gasteiger partial charge in [-0.15, -0.1) is 10.2 Å². The summed E-state index contributed by atoms with van der Waals surface area (Å²) in [5, 5.41) is 12.1. The number of hydrogen-bond donors (Lipinski definition) is 0. The lowest BCUT2D eigenvalue weighted by Gasteiger charge is -2.20. The summed E-state index contributed by atoms with van der Waals surface area (Å²) >= 11 is 2.22. The molecule has 2 aromatic rings. The lowest BCUT2D eigenvalue weighted by Crippen LogP contribution is -2.28. The molecule has 0 bridgehead atoms. The molecule has 0 aliphatic rings. The number of rotatable bonds is 2. The third kappa shape index (κ3) is 1.90. The topological polar surface area (TPSA) is 56.7 Å². The molecule has 15 heavy (non-hydrogen) atoms. The molecule has 0 N–H and O–H groups in total. The fraction of sp³-hybridized carbons (Fsp3) is 0.444. The predicted octanol–water partition coefficient (Wildman–Crippen LogP) is 1.96. The van der Waals surface area contributed by atoms with Crippen molar-refractivity contribution in [1.29, 1.82) is 0 Å². The fourth-order valence-corrected chi connectivity index (χ4v) is 1.64. The molecule has 0 fully saturated rings. The van der Waals surface area contributed by atoms with Crippen molar-refractivity contribution in [3.05, 3.63) is 27.7 Å². The maximum absolute atomic E-state index is 5.43. The lowest BCUT2D eigenvalue weighted by atomic mass is 10.1. The van der Waals surface area contributed by atoms with E-state index in [9.17, 15) is 0 Å². The first kappa shape index (κ1) is 10.6. The normalized spacial score (nSPS) is 12.0. The highest BCUT2D eigenvalue weighted by molar-refractivity contribution is 14.1. The van der Waals surface area contributed by atoms with Gasteiger partial charge in [-0.1, -0.05) is 0 Å². The first-order chi connectivity index (χ1) is 7.00. The maximum atomic E-state index is 5.43. The standard InChI is InChI=1S/C9H11IN4O/c1-6-12-13-8(15-6)9(2,3)14-5-7(10)4-11-14/h4-5H,1-3H3. The number of hydrogen-bond acceptors (Lipinski definition) is 4. The van der Waals surface area contributed by atoms with Gasteiger partial charge in [-0.2, -0.15) is 5.10 Å². The van der Waals surface area contributed by atoms with Gasteiger partial charge in [0.15, 0.2) is 0 Å². The lowest BCUT2D eigenvalue weighted by molar-refractivity contribution is 0.293. The van der Waals surface area contributed by atoms with E-state index in [-0.39, 0.29) is 0 Å². The molecule has 2 rings (SSSR count). The van der Waals surface area contributed by atoms with Crippen LogP contribution in [0.15, 0.2) is 16.8 Å². The van der Waals surface area contributed by atoms with Gasteiger partial charge in [0.2, 0.25) is 11.8 Å². The predicted molar refractivity (Wildman–Crippen MR) is 62.4 cm³/mol. The van der Waals surface area contributed by atoms with Crippen LogP contribution in [0.25, 0.3) is 0 Å². The van der Waals surface area contributed by atoms with E-state index < -0.39 is 5.54 Å². The van der Waals surface area contributed by atoms with Gasteiger partial charge in [0, 0.05) is 13.1 Å². The second-order valence-electron chi connectivity index (χ2n) is 3.79. The summed E-state index contributed by atoms with van der Waals surface area (Å²) in [7, 11) is 0. The Morgan fingerprint density at radius 3 is 2.60 bits per heavy atom. The Morgan fingerprint density at radius 2 is 2.13 bits per heavy atom. The monoisotopic (exact) mass is 318 g/mol. The van der Waals surface area contributed by atoms with Crippen molar-refractivity contribution in [3.63, 3.8) is 0 Å². The van der Waals surface area contributed by atoms with Crippen LogP contribution in [-0.4, -0.2) is 20.0 Å². The van der Waals surface area contributed by atoms with Crippen LogP contribution >= 0.6 is 22.6 Å². The zero-order valence-corrected chi connectivity index (χ0v) is 10.9. The highest BCUT2D eigenvalue weighted by Gasteiger charge is 2.29. The zero-order chi connectivity index (χ0) is 11.1. The van der Waals surface area contributed by atoms with Crippen LogP contribution in [0.2, 0.25) is 0 Å². The summed E-state index contributed by atoms with van der Waals surface area (Å²) in [6, 6.07) is 0. The third-order valence-electron chi connectivity index (χ3n) is 2.17. The van der Waals surface area contributed by atoms with Gasteiger partial charge in [-0.25, -0.2) is 0 Å². The average Bonchev–Trinajstić information content (AvgIpc) is 2.74. The molecule has 5 nitrogen and oxygen atoms in total. The van der Waals surface area contributed by atoms with Crippen LogP contribution in [0.3, 0.4) is 0 Å². The van der Waals surface area contributed by atoms with Gasteiger partial charge >= 0.3 is 0 Å². The van der Waals surface area contributed by atoms with Gasteiger partial charge in [0.25, 0.3) is 0 Å². The van der Waals surface area contributed by atoms with Crippen molar-refractivity contribution in [3.8, 4) is 0 Å². The molecule has 0 aliphatic heterocycles. The highest BCUT2D eigenvalue weighted by Crippen LogP contribution is 2.23.